The van der Waals surface area contributed by atoms with Crippen molar-refractivity contribution in [3.63, 3.8) is 0 Å². The highest BCUT2D eigenvalue weighted by molar-refractivity contribution is 5.82. The molecule has 0 spiro atoms. The van der Waals surface area contributed by atoms with Gasteiger partial charge in [-0.2, -0.15) is 5.01 Å². The van der Waals surface area contributed by atoms with Gasteiger partial charge < -0.3 is 15.0 Å². The van der Waals surface area contributed by atoms with Crippen LogP contribution in [-0.4, -0.2) is 102 Å². The average Bonchev–Trinajstić information content (AvgIpc) is 3.20. The summed E-state index contributed by atoms with van der Waals surface area (Å²) >= 11 is 0. The van der Waals surface area contributed by atoms with Crippen LogP contribution in [0.15, 0.2) is 30.4 Å². The van der Waals surface area contributed by atoms with Crippen LogP contribution in [0, 0.1) is 5.92 Å². The smallest absolute Gasteiger partial charge is 0.249 e. The molecule has 0 aromatic heterocycles. The summed E-state index contributed by atoms with van der Waals surface area (Å²) in [4.78, 5) is 30.8. The van der Waals surface area contributed by atoms with Crippen LogP contribution in [-0.2, 0) is 26.3 Å². The van der Waals surface area contributed by atoms with E-state index in [4.69, 9.17) is 4.74 Å². The largest absolute Gasteiger partial charge is 0.365 e. The topological polar surface area (TPSA) is 104 Å². The van der Waals surface area contributed by atoms with Crippen molar-refractivity contribution in [1.82, 2.24) is 35.8 Å². The zero-order valence-electron chi connectivity index (χ0n) is 23.7. The Morgan fingerprint density at radius 1 is 1.07 bits per heavy atom. The highest BCUT2D eigenvalue weighted by Gasteiger charge is 2.53. The van der Waals surface area contributed by atoms with E-state index in [1.165, 1.54) is 11.1 Å². The number of benzene rings is 1. The maximum Gasteiger partial charge on any atom is 0.249 e. The third-order valence-electron chi connectivity index (χ3n) is 9.96. The molecular weight excluding hydrogens is 508 g/mol. The minimum Gasteiger partial charge on any atom is -0.365 e. The fraction of sp³-hybridized carbons (Fsp3) is 0.655. The molecule has 6 unspecified atom stereocenters. The number of carbonyl (C=O) groups is 2. The number of ether oxygens (including phenoxy) is 1. The number of rotatable bonds is 2. The van der Waals surface area contributed by atoms with Gasteiger partial charge in [0, 0.05) is 30.9 Å². The molecule has 11 nitrogen and oxygen atoms in total. The number of piperidine rings is 1. The van der Waals surface area contributed by atoms with Crippen molar-refractivity contribution < 1.29 is 14.3 Å². The van der Waals surface area contributed by atoms with Gasteiger partial charge >= 0.3 is 0 Å². The molecule has 0 radical (unpaired) electrons. The van der Waals surface area contributed by atoms with Gasteiger partial charge in [-0.1, -0.05) is 18.2 Å². The van der Waals surface area contributed by atoms with E-state index in [1.807, 2.05) is 9.91 Å². The number of hydrazine groups is 1. The summed E-state index contributed by atoms with van der Waals surface area (Å²) in [5.74, 6) is -0.0500. The number of morpholine rings is 1. The summed E-state index contributed by atoms with van der Waals surface area (Å²) in [7, 11) is 2.19. The predicted molar refractivity (Wildman–Crippen MR) is 150 cm³/mol. The molecule has 4 N–H and O–H groups in total. The van der Waals surface area contributed by atoms with Crippen LogP contribution in [0.2, 0.25) is 0 Å². The van der Waals surface area contributed by atoms with E-state index in [0.717, 1.165) is 37.9 Å². The number of carbonyl (C=O) groups excluding carboxylic acids is 2. The Morgan fingerprint density at radius 3 is 2.83 bits per heavy atom. The fourth-order valence-electron chi connectivity index (χ4n) is 7.40. The Bertz CT molecular complexity index is 1210. The summed E-state index contributed by atoms with van der Waals surface area (Å²) in [6.45, 7) is 7.53. The molecule has 4 saturated heterocycles. The van der Waals surface area contributed by atoms with E-state index in [-0.39, 0.29) is 60.8 Å². The Kier molecular flexibility index (Phi) is 6.64. The van der Waals surface area contributed by atoms with E-state index in [1.54, 1.807) is 0 Å². The standard InChI is InChI=1S/C29H42N8O3/c1-29(2)21-15-19(8-7-18(21)11-14-34(29)3)31-28-30-16-20-25(33-28)37-23-10-9-22-26(32-23)35(24(38)17-40-22)12-5-4-6-13-36(37)27(20)39/h4,6-8,15,20,22-23,25-26,28,30-33H,5,9-14,16-17H2,1-3H3/b6-4+. The highest BCUT2D eigenvalue weighted by Crippen LogP contribution is 2.36. The van der Waals surface area contributed by atoms with Crippen molar-refractivity contribution in [3.8, 4) is 0 Å². The summed E-state index contributed by atoms with van der Waals surface area (Å²) < 4.78 is 5.92. The first-order valence-corrected chi connectivity index (χ1v) is 14.8. The lowest BCUT2D eigenvalue weighted by Crippen LogP contribution is -2.72. The molecule has 7 rings (SSSR count). The third kappa shape index (κ3) is 4.34. The molecule has 0 saturated carbocycles. The van der Waals surface area contributed by atoms with E-state index < -0.39 is 0 Å². The second kappa shape index (κ2) is 10.1. The average molecular weight is 551 g/mol. The summed E-state index contributed by atoms with van der Waals surface area (Å²) in [5.41, 5.74) is 3.79. The monoisotopic (exact) mass is 550 g/mol. The molecule has 2 amide bonds. The first-order chi connectivity index (χ1) is 19.3. The fourth-order valence-corrected chi connectivity index (χ4v) is 7.40. The molecule has 216 valence electrons. The summed E-state index contributed by atoms with van der Waals surface area (Å²) in [6.07, 6.45) is 6.98. The van der Waals surface area contributed by atoms with Gasteiger partial charge in [0.15, 0.2) is 0 Å². The Hall–Kier alpha value is -2.54. The van der Waals surface area contributed by atoms with E-state index in [2.05, 4.69) is 82.4 Å². The first-order valence-electron chi connectivity index (χ1n) is 14.8. The van der Waals surface area contributed by atoms with Gasteiger partial charge in [-0.15, -0.1) is 0 Å². The van der Waals surface area contributed by atoms with E-state index >= 15 is 0 Å². The Balaban J connectivity index is 1.14. The van der Waals surface area contributed by atoms with E-state index in [0.29, 0.717) is 19.6 Å². The second-order valence-corrected chi connectivity index (χ2v) is 12.5. The minimum absolute atomic E-state index is 0.0241. The Labute approximate surface area is 236 Å². The van der Waals surface area contributed by atoms with Crippen molar-refractivity contribution in [2.24, 2.45) is 5.92 Å². The summed E-state index contributed by atoms with van der Waals surface area (Å²) in [6, 6.07) is 6.69. The van der Waals surface area contributed by atoms with Gasteiger partial charge in [-0.05, 0) is 69.8 Å². The van der Waals surface area contributed by atoms with Gasteiger partial charge in [0.25, 0.3) is 0 Å². The predicted octanol–water partition coefficient (Wildman–Crippen LogP) is 0.522. The third-order valence-corrected chi connectivity index (χ3v) is 9.96. The van der Waals surface area contributed by atoms with Crippen LogP contribution in [0.4, 0.5) is 5.69 Å². The molecule has 6 heterocycles. The number of nitrogens with zero attached hydrogens (tertiary/aromatic N) is 4. The number of hydrogen-bond acceptors (Lipinski definition) is 9. The molecular formula is C29H42N8O3. The zero-order chi connectivity index (χ0) is 27.6. The van der Waals surface area contributed by atoms with Gasteiger partial charge in [0.05, 0.1) is 30.9 Å². The lowest BCUT2D eigenvalue weighted by molar-refractivity contribution is -0.175. The van der Waals surface area contributed by atoms with Crippen molar-refractivity contribution in [2.45, 2.75) is 76.0 Å². The lowest BCUT2D eigenvalue weighted by Gasteiger charge is -2.50. The van der Waals surface area contributed by atoms with Crippen LogP contribution in [0.5, 0.6) is 0 Å². The second-order valence-electron chi connectivity index (χ2n) is 12.5. The molecule has 40 heavy (non-hydrogen) atoms. The van der Waals surface area contributed by atoms with E-state index in [9.17, 15) is 9.59 Å². The maximum absolute atomic E-state index is 13.7. The van der Waals surface area contributed by atoms with Crippen molar-refractivity contribution in [1.29, 1.82) is 0 Å². The first kappa shape index (κ1) is 26.4. The molecule has 6 atom stereocenters. The van der Waals surface area contributed by atoms with Crippen molar-refractivity contribution in [2.75, 3.05) is 45.2 Å². The quantitative estimate of drug-likeness (QED) is 0.393. The van der Waals surface area contributed by atoms with Crippen LogP contribution in [0.25, 0.3) is 0 Å². The minimum atomic E-state index is -0.203. The van der Waals surface area contributed by atoms with Crippen LogP contribution >= 0.6 is 0 Å². The number of fused-ring (bicyclic) bond motifs is 6. The number of anilines is 1. The van der Waals surface area contributed by atoms with Crippen LogP contribution < -0.4 is 21.3 Å². The van der Waals surface area contributed by atoms with Gasteiger partial charge in [-0.25, -0.2) is 0 Å². The number of nitrogens with one attached hydrogen (secondary N) is 4. The molecule has 1 aromatic carbocycles. The molecule has 6 aliphatic rings. The molecule has 2 bridgehead atoms. The molecule has 1 aromatic rings. The lowest BCUT2D eigenvalue weighted by atomic mass is 9.83. The van der Waals surface area contributed by atoms with Crippen LogP contribution in [0.3, 0.4) is 0 Å². The SMILES string of the molecule is CN1CCc2ccc(NC3NCC4C(=O)N5C/C=C/CCN6C(=O)COC7CCC(NC76)N5C4N3)cc2C1(C)C. The number of amides is 2. The zero-order valence-corrected chi connectivity index (χ0v) is 23.7. The number of likely N-dealkylation sites (N-methyl/N-ethyl adjacent to an activating group) is 1. The van der Waals surface area contributed by atoms with Gasteiger partial charge in [0.2, 0.25) is 11.8 Å². The van der Waals surface area contributed by atoms with Crippen molar-refractivity contribution >= 4 is 17.5 Å². The molecule has 4 fully saturated rings. The molecule has 6 aliphatic heterocycles. The normalized spacial score (nSPS) is 36.8. The highest BCUT2D eigenvalue weighted by atomic mass is 16.5. The Morgan fingerprint density at radius 2 is 1.95 bits per heavy atom. The van der Waals surface area contributed by atoms with Crippen molar-refractivity contribution in [3.05, 3.63) is 41.5 Å². The molecule has 0 aliphatic carbocycles. The maximum atomic E-state index is 13.7. The number of hydrogen-bond donors (Lipinski definition) is 4. The van der Waals surface area contributed by atoms with Gasteiger partial charge in [-0.3, -0.25) is 35.4 Å². The summed E-state index contributed by atoms with van der Waals surface area (Å²) in [5, 5.41) is 18.7. The van der Waals surface area contributed by atoms with Gasteiger partial charge in [0.1, 0.15) is 19.1 Å². The van der Waals surface area contributed by atoms with Crippen LogP contribution in [0.1, 0.15) is 44.2 Å². The molecule has 11 heteroatoms.